The van der Waals surface area contributed by atoms with Gasteiger partial charge in [-0.15, -0.1) is 0 Å². The largest absolute Gasteiger partial charge is 0.481 e. The third-order valence-corrected chi connectivity index (χ3v) is 3.40. The van der Waals surface area contributed by atoms with E-state index in [1.807, 2.05) is 6.92 Å². The fourth-order valence-corrected chi connectivity index (χ4v) is 2.33. The number of amides is 1. The van der Waals surface area contributed by atoms with Crippen molar-refractivity contribution >= 4 is 17.6 Å². The summed E-state index contributed by atoms with van der Waals surface area (Å²) in [7, 11) is 0. The number of aliphatic carboxylic acids is 1. The van der Waals surface area contributed by atoms with Gasteiger partial charge < -0.3 is 15.7 Å². The third kappa shape index (κ3) is 3.54. The van der Waals surface area contributed by atoms with E-state index in [4.69, 9.17) is 5.11 Å². The Morgan fingerprint density at radius 3 is 2.84 bits per heavy atom. The zero-order chi connectivity index (χ0) is 13.8. The highest BCUT2D eigenvalue weighted by Crippen LogP contribution is 2.19. The summed E-state index contributed by atoms with van der Waals surface area (Å²) in [4.78, 5) is 22.7. The van der Waals surface area contributed by atoms with Gasteiger partial charge in [0.1, 0.15) is 0 Å². The van der Waals surface area contributed by atoms with Crippen LogP contribution in [0.4, 0.5) is 5.69 Å². The fraction of sp³-hybridized carbons (Fsp3) is 0.429. The van der Waals surface area contributed by atoms with Gasteiger partial charge in [-0.2, -0.15) is 0 Å². The molecular formula is C14H18N2O3. The zero-order valence-corrected chi connectivity index (χ0v) is 10.8. The Balaban J connectivity index is 2.02. The van der Waals surface area contributed by atoms with E-state index in [0.29, 0.717) is 23.7 Å². The molecule has 5 nitrogen and oxygen atoms in total. The molecule has 1 fully saturated rings. The summed E-state index contributed by atoms with van der Waals surface area (Å²) in [6.45, 7) is 3.60. The summed E-state index contributed by atoms with van der Waals surface area (Å²) >= 11 is 0. The van der Waals surface area contributed by atoms with E-state index in [2.05, 4.69) is 10.6 Å². The molecule has 102 valence electrons. The third-order valence-electron chi connectivity index (χ3n) is 3.40. The van der Waals surface area contributed by atoms with Crippen LogP contribution in [0.5, 0.6) is 0 Å². The summed E-state index contributed by atoms with van der Waals surface area (Å²) in [5, 5.41) is 14.8. The number of hydrogen-bond donors (Lipinski definition) is 3. The van der Waals surface area contributed by atoms with Gasteiger partial charge in [-0.1, -0.05) is 19.1 Å². The molecule has 1 amide bonds. The topological polar surface area (TPSA) is 78.4 Å². The molecule has 2 rings (SSSR count). The maximum Gasteiger partial charge on any atom is 0.307 e. The van der Waals surface area contributed by atoms with Crippen LogP contribution in [0.2, 0.25) is 0 Å². The second kappa shape index (κ2) is 5.84. The first-order valence-corrected chi connectivity index (χ1v) is 6.38. The first-order valence-electron chi connectivity index (χ1n) is 6.38. The monoisotopic (exact) mass is 262 g/mol. The van der Waals surface area contributed by atoms with Gasteiger partial charge in [-0.25, -0.2) is 0 Å². The maximum absolute atomic E-state index is 12.1. The molecule has 5 heteroatoms. The summed E-state index contributed by atoms with van der Waals surface area (Å²) in [5.74, 6) is -0.590. The SMILES string of the molecule is C[C@@H]1CNC[C@H]1C(=O)Nc1cccc(CC(=O)O)c1. The van der Waals surface area contributed by atoms with Crippen molar-refractivity contribution < 1.29 is 14.7 Å². The molecule has 1 heterocycles. The van der Waals surface area contributed by atoms with Gasteiger partial charge in [0.05, 0.1) is 12.3 Å². The summed E-state index contributed by atoms with van der Waals surface area (Å²) in [6.07, 6.45) is -0.0366. The van der Waals surface area contributed by atoms with Gasteiger partial charge in [-0.3, -0.25) is 9.59 Å². The molecule has 3 N–H and O–H groups in total. The van der Waals surface area contributed by atoms with Gasteiger partial charge in [0.15, 0.2) is 0 Å². The maximum atomic E-state index is 12.1. The number of carboxylic acid groups (broad SMARTS) is 1. The summed E-state index contributed by atoms with van der Waals surface area (Å²) in [5.41, 5.74) is 1.34. The lowest BCUT2D eigenvalue weighted by atomic mass is 9.97. The van der Waals surface area contributed by atoms with Crippen LogP contribution in [0.1, 0.15) is 12.5 Å². The van der Waals surface area contributed by atoms with Crippen LogP contribution in [0, 0.1) is 11.8 Å². The number of hydrogen-bond acceptors (Lipinski definition) is 3. The van der Waals surface area contributed by atoms with Crippen LogP contribution in [-0.4, -0.2) is 30.1 Å². The molecule has 19 heavy (non-hydrogen) atoms. The minimum absolute atomic E-state index is 0.00928. The van der Waals surface area contributed by atoms with E-state index in [1.165, 1.54) is 0 Å². The molecule has 0 aliphatic carbocycles. The molecular weight excluding hydrogens is 244 g/mol. The number of benzene rings is 1. The van der Waals surface area contributed by atoms with Gasteiger partial charge in [-0.05, 0) is 30.2 Å². The van der Waals surface area contributed by atoms with E-state index < -0.39 is 5.97 Å². The van der Waals surface area contributed by atoms with Crippen molar-refractivity contribution in [2.45, 2.75) is 13.3 Å². The fourth-order valence-electron chi connectivity index (χ4n) is 2.33. The molecule has 1 saturated heterocycles. The van der Waals surface area contributed by atoms with Gasteiger partial charge in [0, 0.05) is 12.2 Å². The second-order valence-corrected chi connectivity index (χ2v) is 5.00. The highest BCUT2D eigenvalue weighted by molar-refractivity contribution is 5.93. The van der Waals surface area contributed by atoms with Crippen LogP contribution in [-0.2, 0) is 16.0 Å². The zero-order valence-electron chi connectivity index (χ0n) is 10.8. The van der Waals surface area contributed by atoms with Crippen molar-refractivity contribution in [3.8, 4) is 0 Å². The van der Waals surface area contributed by atoms with E-state index in [-0.39, 0.29) is 18.2 Å². The van der Waals surface area contributed by atoms with Crippen molar-refractivity contribution in [2.24, 2.45) is 11.8 Å². The molecule has 0 bridgehead atoms. The lowest BCUT2D eigenvalue weighted by Crippen LogP contribution is -2.27. The number of carboxylic acids is 1. The average Bonchev–Trinajstić information content (AvgIpc) is 2.75. The minimum atomic E-state index is -0.878. The molecule has 0 radical (unpaired) electrons. The number of nitrogens with one attached hydrogen (secondary N) is 2. The Morgan fingerprint density at radius 1 is 1.42 bits per heavy atom. The summed E-state index contributed by atoms with van der Waals surface area (Å²) in [6, 6.07) is 6.98. The predicted octanol–water partition coefficient (Wildman–Crippen LogP) is 1.11. The van der Waals surface area contributed by atoms with Crippen molar-refractivity contribution in [2.75, 3.05) is 18.4 Å². The molecule has 1 aromatic carbocycles. The van der Waals surface area contributed by atoms with Crippen molar-refractivity contribution in [3.63, 3.8) is 0 Å². The first-order chi connectivity index (χ1) is 9.06. The van der Waals surface area contributed by atoms with Gasteiger partial charge in [0.2, 0.25) is 5.91 Å². The van der Waals surface area contributed by atoms with Crippen LogP contribution in [0.25, 0.3) is 0 Å². The van der Waals surface area contributed by atoms with Crippen molar-refractivity contribution in [1.82, 2.24) is 5.32 Å². The Morgan fingerprint density at radius 2 is 2.21 bits per heavy atom. The van der Waals surface area contributed by atoms with Gasteiger partial charge >= 0.3 is 5.97 Å². The lowest BCUT2D eigenvalue weighted by molar-refractivity contribution is -0.136. The highest BCUT2D eigenvalue weighted by atomic mass is 16.4. The normalized spacial score (nSPS) is 22.2. The average molecular weight is 262 g/mol. The number of carbonyl (C=O) groups excluding carboxylic acids is 1. The molecule has 1 aromatic rings. The quantitative estimate of drug-likeness (QED) is 0.759. The Bertz CT molecular complexity index is 487. The first kappa shape index (κ1) is 13.5. The smallest absolute Gasteiger partial charge is 0.307 e. The molecule has 0 saturated carbocycles. The molecule has 0 unspecified atom stereocenters. The Labute approximate surface area is 112 Å². The summed E-state index contributed by atoms with van der Waals surface area (Å²) < 4.78 is 0. The van der Waals surface area contributed by atoms with E-state index in [1.54, 1.807) is 24.3 Å². The van der Waals surface area contributed by atoms with E-state index in [0.717, 1.165) is 6.54 Å². The molecule has 0 aromatic heterocycles. The van der Waals surface area contributed by atoms with Crippen LogP contribution in [0.15, 0.2) is 24.3 Å². The minimum Gasteiger partial charge on any atom is -0.481 e. The van der Waals surface area contributed by atoms with Crippen LogP contribution in [0.3, 0.4) is 0 Å². The molecule has 2 atom stereocenters. The molecule has 1 aliphatic rings. The van der Waals surface area contributed by atoms with Crippen LogP contribution >= 0.6 is 0 Å². The Kier molecular flexibility index (Phi) is 4.16. The van der Waals surface area contributed by atoms with Crippen molar-refractivity contribution in [1.29, 1.82) is 0 Å². The van der Waals surface area contributed by atoms with Crippen LogP contribution < -0.4 is 10.6 Å². The number of carbonyl (C=O) groups is 2. The molecule has 0 spiro atoms. The second-order valence-electron chi connectivity index (χ2n) is 5.00. The Hall–Kier alpha value is -1.88. The van der Waals surface area contributed by atoms with E-state index >= 15 is 0 Å². The predicted molar refractivity (Wildman–Crippen MR) is 71.9 cm³/mol. The highest BCUT2D eigenvalue weighted by Gasteiger charge is 2.29. The number of anilines is 1. The molecule has 1 aliphatic heterocycles. The van der Waals surface area contributed by atoms with Crippen molar-refractivity contribution in [3.05, 3.63) is 29.8 Å². The van der Waals surface area contributed by atoms with Gasteiger partial charge in [0.25, 0.3) is 0 Å². The number of rotatable bonds is 4. The lowest BCUT2D eigenvalue weighted by Gasteiger charge is -2.14. The van der Waals surface area contributed by atoms with E-state index in [9.17, 15) is 9.59 Å². The standard InChI is InChI=1S/C14H18N2O3/c1-9-7-15-8-12(9)14(19)16-11-4-2-3-10(5-11)6-13(17)18/h2-5,9,12,15H,6-8H2,1H3,(H,16,19)(H,17,18)/t9-,12-/m1/s1.